The molecule has 0 saturated carbocycles. The van der Waals surface area contributed by atoms with Crippen molar-refractivity contribution in [2.45, 2.75) is 0 Å². The van der Waals surface area contributed by atoms with Crippen LogP contribution in [0.2, 0.25) is 5.02 Å². The van der Waals surface area contributed by atoms with Crippen LogP contribution in [0.25, 0.3) is 0 Å². The lowest BCUT2D eigenvalue weighted by Crippen LogP contribution is -2.15. The van der Waals surface area contributed by atoms with Gasteiger partial charge in [0.1, 0.15) is 0 Å². The highest BCUT2D eigenvalue weighted by Gasteiger charge is 2.14. The zero-order valence-corrected chi connectivity index (χ0v) is 10.4. The van der Waals surface area contributed by atoms with Gasteiger partial charge in [-0.15, -0.1) is 0 Å². The molecule has 0 fully saturated rings. The summed E-state index contributed by atoms with van der Waals surface area (Å²) in [6.45, 7) is 0. The van der Waals surface area contributed by atoms with Gasteiger partial charge in [-0.3, -0.25) is 4.79 Å². The van der Waals surface area contributed by atoms with E-state index >= 15 is 0 Å². The first-order valence-corrected chi connectivity index (χ1v) is 5.71. The third-order valence-electron chi connectivity index (χ3n) is 2.36. The van der Waals surface area contributed by atoms with Gasteiger partial charge in [0, 0.05) is 16.8 Å². The van der Waals surface area contributed by atoms with Gasteiger partial charge in [0.15, 0.2) is 5.69 Å². The first kappa shape index (κ1) is 13.0. The average molecular weight is 277 g/mol. The summed E-state index contributed by atoms with van der Waals surface area (Å²) in [4.78, 5) is 26.6. The molecule has 5 nitrogen and oxygen atoms in total. The minimum absolute atomic E-state index is 0.148. The van der Waals surface area contributed by atoms with Crippen molar-refractivity contribution in [3.8, 4) is 0 Å². The smallest absolute Gasteiger partial charge is 0.356 e. The van der Waals surface area contributed by atoms with Crippen molar-refractivity contribution in [1.82, 2.24) is 4.98 Å². The number of amides is 1. The van der Waals surface area contributed by atoms with E-state index in [4.69, 9.17) is 16.7 Å². The van der Waals surface area contributed by atoms with Gasteiger partial charge in [-0.1, -0.05) is 11.6 Å². The molecule has 0 atom stereocenters. The molecule has 0 aliphatic carbocycles. The second-order valence-electron chi connectivity index (χ2n) is 3.67. The lowest BCUT2D eigenvalue weighted by atomic mass is 10.2. The number of carboxylic acids is 1. The molecule has 2 rings (SSSR count). The highest BCUT2D eigenvalue weighted by atomic mass is 35.5. The van der Waals surface area contributed by atoms with E-state index in [9.17, 15) is 9.59 Å². The number of carbonyl (C=O) groups excluding carboxylic acids is 1. The Kier molecular flexibility index (Phi) is 3.77. The largest absolute Gasteiger partial charge is 0.476 e. The van der Waals surface area contributed by atoms with Gasteiger partial charge in [-0.25, -0.2) is 9.78 Å². The zero-order chi connectivity index (χ0) is 13.8. The number of halogens is 1. The Hall–Kier alpha value is -2.40. The summed E-state index contributed by atoms with van der Waals surface area (Å²) in [5, 5.41) is 12.0. The van der Waals surface area contributed by atoms with Crippen LogP contribution in [0, 0.1) is 0 Å². The lowest BCUT2D eigenvalue weighted by molar-refractivity contribution is 0.0692. The number of hydrogen-bond acceptors (Lipinski definition) is 3. The Bertz CT molecular complexity index is 626. The van der Waals surface area contributed by atoms with E-state index < -0.39 is 11.9 Å². The fraction of sp³-hybridized carbons (Fsp3) is 0. The standard InChI is InChI=1S/C13H9ClN2O3/c14-9-5-3-8(4-6-9)12(17)16-10-2-1-7-15-11(10)13(18)19/h1-7H,(H,16,17)(H,18,19). The third kappa shape index (κ3) is 3.08. The number of carboxylic acid groups (broad SMARTS) is 1. The maximum absolute atomic E-state index is 11.9. The predicted octanol–water partition coefficient (Wildman–Crippen LogP) is 2.69. The summed E-state index contributed by atoms with van der Waals surface area (Å²) in [6.07, 6.45) is 1.35. The van der Waals surface area contributed by atoms with Crippen molar-refractivity contribution in [2.75, 3.05) is 5.32 Å². The number of hydrogen-bond donors (Lipinski definition) is 2. The van der Waals surface area contributed by atoms with Crippen LogP contribution in [0.15, 0.2) is 42.6 Å². The first-order valence-electron chi connectivity index (χ1n) is 5.33. The number of nitrogens with zero attached hydrogens (tertiary/aromatic N) is 1. The number of pyridine rings is 1. The number of aromatic nitrogens is 1. The van der Waals surface area contributed by atoms with Crippen LogP contribution in [-0.4, -0.2) is 22.0 Å². The van der Waals surface area contributed by atoms with Crippen LogP contribution >= 0.6 is 11.6 Å². The molecule has 0 radical (unpaired) electrons. The molecule has 0 unspecified atom stereocenters. The second-order valence-corrected chi connectivity index (χ2v) is 4.10. The van der Waals surface area contributed by atoms with Crippen LogP contribution < -0.4 is 5.32 Å². The molecule has 0 aliphatic rings. The lowest BCUT2D eigenvalue weighted by Gasteiger charge is -2.07. The Balaban J connectivity index is 2.24. The normalized spacial score (nSPS) is 9.95. The molecule has 1 amide bonds. The Morgan fingerprint density at radius 3 is 2.47 bits per heavy atom. The summed E-state index contributed by atoms with van der Waals surface area (Å²) in [5.74, 6) is -1.63. The topological polar surface area (TPSA) is 79.3 Å². The molecule has 1 aromatic heterocycles. The highest BCUT2D eigenvalue weighted by molar-refractivity contribution is 6.30. The summed E-state index contributed by atoms with van der Waals surface area (Å²) in [6, 6.07) is 9.28. The Labute approximate surface area is 113 Å². The van der Waals surface area contributed by atoms with E-state index in [1.807, 2.05) is 0 Å². The fourth-order valence-electron chi connectivity index (χ4n) is 1.47. The molecule has 0 bridgehead atoms. The molecule has 0 spiro atoms. The van der Waals surface area contributed by atoms with Gasteiger partial charge in [-0.2, -0.15) is 0 Å². The number of nitrogens with one attached hydrogen (secondary N) is 1. The minimum Gasteiger partial charge on any atom is -0.476 e. The first-order chi connectivity index (χ1) is 9.08. The van der Waals surface area contributed by atoms with Gasteiger partial charge < -0.3 is 10.4 Å². The molecule has 2 N–H and O–H groups in total. The molecule has 1 aromatic carbocycles. The summed E-state index contributed by atoms with van der Waals surface area (Å²) >= 11 is 5.72. The molecule has 2 aromatic rings. The minimum atomic E-state index is -1.20. The fourth-order valence-corrected chi connectivity index (χ4v) is 1.60. The van der Waals surface area contributed by atoms with Gasteiger partial charge in [0.2, 0.25) is 0 Å². The van der Waals surface area contributed by atoms with Crippen LogP contribution in [-0.2, 0) is 0 Å². The number of anilines is 1. The number of rotatable bonds is 3. The van der Waals surface area contributed by atoms with E-state index in [1.54, 1.807) is 30.3 Å². The second kappa shape index (κ2) is 5.49. The zero-order valence-electron chi connectivity index (χ0n) is 9.63. The summed E-state index contributed by atoms with van der Waals surface area (Å²) in [7, 11) is 0. The van der Waals surface area contributed by atoms with Crippen molar-refractivity contribution in [1.29, 1.82) is 0 Å². The molecule has 0 aliphatic heterocycles. The number of benzene rings is 1. The molecular weight excluding hydrogens is 268 g/mol. The van der Waals surface area contributed by atoms with Gasteiger partial charge in [0.25, 0.3) is 5.91 Å². The van der Waals surface area contributed by atoms with E-state index in [1.165, 1.54) is 12.3 Å². The van der Waals surface area contributed by atoms with Crippen molar-refractivity contribution in [3.05, 3.63) is 58.9 Å². The van der Waals surface area contributed by atoms with Crippen LogP contribution in [0.3, 0.4) is 0 Å². The van der Waals surface area contributed by atoms with E-state index in [0.29, 0.717) is 10.6 Å². The Morgan fingerprint density at radius 2 is 1.84 bits per heavy atom. The quantitative estimate of drug-likeness (QED) is 0.903. The van der Waals surface area contributed by atoms with Crippen molar-refractivity contribution < 1.29 is 14.7 Å². The van der Waals surface area contributed by atoms with Crippen LogP contribution in [0.5, 0.6) is 0 Å². The van der Waals surface area contributed by atoms with Crippen LogP contribution in [0.1, 0.15) is 20.8 Å². The number of aromatic carboxylic acids is 1. The molecule has 96 valence electrons. The highest BCUT2D eigenvalue weighted by Crippen LogP contribution is 2.15. The third-order valence-corrected chi connectivity index (χ3v) is 2.62. The average Bonchev–Trinajstić information content (AvgIpc) is 2.39. The van der Waals surface area contributed by atoms with Gasteiger partial charge in [0.05, 0.1) is 5.69 Å². The molecular formula is C13H9ClN2O3. The number of carbonyl (C=O) groups is 2. The van der Waals surface area contributed by atoms with E-state index in [2.05, 4.69) is 10.3 Å². The maximum Gasteiger partial charge on any atom is 0.356 e. The van der Waals surface area contributed by atoms with Crippen molar-refractivity contribution in [3.63, 3.8) is 0 Å². The Morgan fingerprint density at radius 1 is 1.16 bits per heavy atom. The maximum atomic E-state index is 11.9. The molecule has 1 heterocycles. The van der Waals surface area contributed by atoms with Gasteiger partial charge in [-0.05, 0) is 36.4 Å². The summed E-state index contributed by atoms with van der Waals surface area (Å²) < 4.78 is 0. The SMILES string of the molecule is O=C(Nc1cccnc1C(=O)O)c1ccc(Cl)cc1. The van der Waals surface area contributed by atoms with Gasteiger partial charge >= 0.3 is 5.97 Å². The van der Waals surface area contributed by atoms with Crippen molar-refractivity contribution in [2.24, 2.45) is 0 Å². The van der Waals surface area contributed by atoms with Crippen LogP contribution in [0.4, 0.5) is 5.69 Å². The van der Waals surface area contributed by atoms with E-state index in [-0.39, 0.29) is 11.4 Å². The molecule has 19 heavy (non-hydrogen) atoms. The molecule has 0 saturated heterocycles. The predicted molar refractivity (Wildman–Crippen MR) is 70.6 cm³/mol. The monoisotopic (exact) mass is 276 g/mol. The summed E-state index contributed by atoms with van der Waals surface area (Å²) in [5.41, 5.74) is 0.323. The van der Waals surface area contributed by atoms with Crippen molar-refractivity contribution >= 4 is 29.2 Å². The molecule has 6 heteroatoms. The van der Waals surface area contributed by atoms with E-state index in [0.717, 1.165) is 0 Å².